The van der Waals surface area contributed by atoms with Crippen molar-refractivity contribution < 1.29 is 23.0 Å². The topological polar surface area (TPSA) is 41.5 Å². The molecule has 1 aliphatic heterocycles. The molecule has 106 valence electrons. The van der Waals surface area contributed by atoms with E-state index in [0.29, 0.717) is 23.2 Å². The summed E-state index contributed by atoms with van der Waals surface area (Å²) < 4.78 is 42.9. The first-order valence-electron chi connectivity index (χ1n) is 5.71. The molecule has 19 heavy (non-hydrogen) atoms. The van der Waals surface area contributed by atoms with E-state index in [1.54, 1.807) is 0 Å². The van der Waals surface area contributed by atoms with Crippen molar-refractivity contribution in [1.29, 1.82) is 0 Å². The smallest absolute Gasteiger partial charge is 0.386 e. The van der Waals surface area contributed by atoms with Crippen LogP contribution in [0.1, 0.15) is 12.0 Å². The summed E-state index contributed by atoms with van der Waals surface area (Å²) in [7, 11) is 0. The van der Waals surface area contributed by atoms with Gasteiger partial charge in [-0.15, -0.1) is 0 Å². The highest BCUT2D eigenvalue weighted by Crippen LogP contribution is 2.34. The Balaban J connectivity index is 2.05. The fourth-order valence-electron chi connectivity index (χ4n) is 1.83. The molecule has 0 aromatic heterocycles. The van der Waals surface area contributed by atoms with Gasteiger partial charge in [0.25, 0.3) is 0 Å². The minimum absolute atomic E-state index is 0.233. The molecule has 2 rings (SSSR count). The number of benzene rings is 1. The fourth-order valence-corrected chi connectivity index (χ4v) is 2.35. The summed E-state index contributed by atoms with van der Waals surface area (Å²) in [6.45, 7) is 0.960. The number of aliphatic hydroxyl groups is 1. The lowest BCUT2D eigenvalue weighted by Crippen LogP contribution is -2.37. The zero-order valence-electron chi connectivity index (χ0n) is 9.93. The van der Waals surface area contributed by atoms with Crippen LogP contribution < -0.4 is 5.32 Å². The molecule has 7 heteroatoms. The van der Waals surface area contributed by atoms with Gasteiger partial charge in [-0.2, -0.15) is 13.2 Å². The first-order valence-corrected chi connectivity index (χ1v) is 6.50. The van der Waals surface area contributed by atoms with Gasteiger partial charge >= 0.3 is 6.18 Å². The van der Waals surface area contributed by atoms with Crippen LogP contribution in [-0.4, -0.2) is 30.5 Å². The van der Waals surface area contributed by atoms with E-state index in [1.165, 1.54) is 6.07 Å². The number of hydrogen-bond donors (Lipinski definition) is 2. The lowest BCUT2D eigenvalue weighted by Gasteiger charge is -2.22. The van der Waals surface area contributed by atoms with Crippen LogP contribution in [0, 0.1) is 0 Å². The van der Waals surface area contributed by atoms with Gasteiger partial charge in [-0.1, -0.05) is 0 Å². The van der Waals surface area contributed by atoms with Crippen molar-refractivity contribution in [2.75, 3.05) is 25.1 Å². The van der Waals surface area contributed by atoms with E-state index in [9.17, 15) is 18.3 Å². The number of hydrogen-bond acceptors (Lipinski definition) is 3. The molecule has 0 spiro atoms. The molecule has 1 aliphatic rings. The summed E-state index contributed by atoms with van der Waals surface area (Å²) in [6, 6.07) is 3.35. The van der Waals surface area contributed by atoms with Crippen molar-refractivity contribution in [3.63, 3.8) is 0 Å². The molecule has 1 saturated heterocycles. The zero-order chi connectivity index (χ0) is 14.1. The van der Waals surface area contributed by atoms with Crippen LogP contribution in [0.4, 0.5) is 18.9 Å². The minimum atomic E-state index is -4.36. The number of ether oxygens (including phenoxy) is 1. The third-order valence-electron chi connectivity index (χ3n) is 2.99. The van der Waals surface area contributed by atoms with E-state index in [-0.39, 0.29) is 13.2 Å². The second-order valence-electron chi connectivity index (χ2n) is 4.57. The summed E-state index contributed by atoms with van der Waals surface area (Å²) >= 11 is 3.09. The zero-order valence-corrected chi connectivity index (χ0v) is 11.5. The van der Waals surface area contributed by atoms with Gasteiger partial charge < -0.3 is 15.2 Å². The van der Waals surface area contributed by atoms with Crippen molar-refractivity contribution >= 4 is 21.6 Å². The quantitative estimate of drug-likeness (QED) is 0.889. The largest absolute Gasteiger partial charge is 0.416 e. The average Bonchev–Trinajstić information content (AvgIpc) is 2.74. The normalized spacial score (nSPS) is 23.6. The van der Waals surface area contributed by atoms with E-state index in [4.69, 9.17) is 4.74 Å². The maximum atomic E-state index is 12.5. The minimum Gasteiger partial charge on any atom is -0.386 e. The van der Waals surface area contributed by atoms with Gasteiger partial charge in [0.1, 0.15) is 5.60 Å². The molecule has 1 atom stereocenters. The molecule has 0 aliphatic carbocycles. The maximum absolute atomic E-state index is 12.5. The van der Waals surface area contributed by atoms with E-state index < -0.39 is 17.3 Å². The molecular weight excluding hydrogens is 327 g/mol. The summed E-state index contributed by atoms with van der Waals surface area (Å²) in [4.78, 5) is 0. The second kappa shape index (κ2) is 5.30. The Hall–Kier alpha value is -0.790. The van der Waals surface area contributed by atoms with Gasteiger partial charge in [0, 0.05) is 29.7 Å². The van der Waals surface area contributed by atoms with Crippen LogP contribution in [0.25, 0.3) is 0 Å². The number of nitrogens with one attached hydrogen (secondary N) is 1. The van der Waals surface area contributed by atoms with Crippen molar-refractivity contribution in [1.82, 2.24) is 0 Å². The van der Waals surface area contributed by atoms with E-state index in [1.807, 2.05) is 0 Å². The summed E-state index contributed by atoms with van der Waals surface area (Å²) in [5, 5.41) is 13.0. The van der Waals surface area contributed by atoms with Gasteiger partial charge in [-0.3, -0.25) is 0 Å². The Morgan fingerprint density at radius 3 is 2.68 bits per heavy atom. The monoisotopic (exact) mass is 339 g/mol. The summed E-state index contributed by atoms with van der Waals surface area (Å²) in [6.07, 6.45) is -3.85. The van der Waals surface area contributed by atoms with Crippen molar-refractivity contribution in [3.05, 3.63) is 28.2 Å². The van der Waals surface area contributed by atoms with E-state index >= 15 is 0 Å². The third-order valence-corrected chi connectivity index (χ3v) is 3.64. The van der Waals surface area contributed by atoms with Crippen molar-refractivity contribution in [2.45, 2.75) is 18.2 Å². The molecule has 1 unspecified atom stereocenters. The Labute approximate surface area is 116 Å². The Kier molecular flexibility index (Phi) is 4.08. The summed E-state index contributed by atoms with van der Waals surface area (Å²) in [5.41, 5.74) is -1.16. The molecule has 3 nitrogen and oxygen atoms in total. The van der Waals surface area contributed by atoms with Gasteiger partial charge in [-0.05, 0) is 34.1 Å². The standard InChI is InChI=1S/C12H13BrF3NO2/c13-9-5-8(12(14,15)16)1-2-10(9)17-6-11(18)3-4-19-7-11/h1-2,5,17-18H,3-4,6-7H2. The lowest BCUT2D eigenvalue weighted by molar-refractivity contribution is -0.137. The second-order valence-corrected chi connectivity index (χ2v) is 5.43. The molecule has 1 aromatic rings. The highest BCUT2D eigenvalue weighted by Gasteiger charge is 2.33. The van der Waals surface area contributed by atoms with Crippen LogP contribution in [0.5, 0.6) is 0 Å². The average molecular weight is 340 g/mol. The van der Waals surface area contributed by atoms with E-state index in [2.05, 4.69) is 21.2 Å². The van der Waals surface area contributed by atoms with Gasteiger partial charge in [0.05, 0.1) is 12.2 Å². The molecule has 0 amide bonds. The maximum Gasteiger partial charge on any atom is 0.416 e. The van der Waals surface area contributed by atoms with Gasteiger partial charge in [0.15, 0.2) is 0 Å². The highest BCUT2D eigenvalue weighted by molar-refractivity contribution is 9.10. The third kappa shape index (κ3) is 3.61. The molecule has 0 bridgehead atoms. The molecular formula is C12H13BrF3NO2. The number of halogens is 4. The van der Waals surface area contributed by atoms with Crippen LogP contribution in [0.15, 0.2) is 22.7 Å². The van der Waals surface area contributed by atoms with Gasteiger partial charge in [-0.25, -0.2) is 0 Å². The lowest BCUT2D eigenvalue weighted by atomic mass is 10.0. The van der Waals surface area contributed by atoms with Crippen LogP contribution in [0.3, 0.4) is 0 Å². The first kappa shape index (κ1) is 14.6. The Morgan fingerprint density at radius 2 is 2.16 bits per heavy atom. The van der Waals surface area contributed by atoms with Gasteiger partial charge in [0.2, 0.25) is 0 Å². The van der Waals surface area contributed by atoms with Crippen LogP contribution in [0.2, 0.25) is 0 Å². The predicted molar refractivity (Wildman–Crippen MR) is 68.0 cm³/mol. The first-order chi connectivity index (χ1) is 8.80. The molecule has 2 N–H and O–H groups in total. The molecule has 1 aromatic carbocycles. The SMILES string of the molecule is OC1(CNc2ccc(C(F)(F)F)cc2Br)CCOC1. The Morgan fingerprint density at radius 1 is 1.42 bits per heavy atom. The molecule has 0 saturated carbocycles. The highest BCUT2D eigenvalue weighted by atomic mass is 79.9. The molecule has 0 radical (unpaired) electrons. The van der Waals surface area contributed by atoms with E-state index in [0.717, 1.165) is 12.1 Å². The summed E-state index contributed by atoms with van der Waals surface area (Å²) in [5.74, 6) is 0. The fraction of sp³-hybridized carbons (Fsp3) is 0.500. The predicted octanol–water partition coefficient (Wildman–Crippen LogP) is 3.03. The van der Waals surface area contributed by atoms with Crippen molar-refractivity contribution in [3.8, 4) is 0 Å². The van der Waals surface area contributed by atoms with Crippen LogP contribution >= 0.6 is 15.9 Å². The van der Waals surface area contributed by atoms with Crippen molar-refractivity contribution in [2.24, 2.45) is 0 Å². The molecule has 1 fully saturated rings. The Bertz CT molecular complexity index is 459. The van der Waals surface area contributed by atoms with Crippen LogP contribution in [-0.2, 0) is 10.9 Å². The number of rotatable bonds is 3. The number of alkyl halides is 3. The molecule has 1 heterocycles. The number of anilines is 1.